The first-order valence-electron chi connectivity index (χ1n) is 4.96. The van der Waals surface area contributed by atoms with Crippen molar-refractivity contribution in [1.82, 2.24) is 0 Å². The van der Waals surface area contributed by atoms with Crippen LogP contribution in [0.4, 0.5) is 14.5 Å². The van der Waals surface area contributed by atoms with Gasteiger partial charge in [0, 0.05) is 20.3 Å². The van der Waals surface area contributed by atoms with E-state index in [1.54, 1.807) is 6.92 Å². The van der Waals surface area contributed by atoms with Crippen LogP contribution in [0.1, 0.15) is 6.92 Å². The normalized spacial score (nSPS) is 12.9. The Hall–Kier alpha value is -0.720. The lowest BCUT2D eigenvalue weighted by molar-refractivity contribution is -0.109. The van der Waals surface area contributed by atoms with E-state index in [9.17, 15) is 8.78 Å². The molecule has 1 aromatic carbocycles. The van der Waals surface area contributed by atoms with Gasteiger partial charge in [-0.05, 0) is 28.9 Å². The Kier molecular flexibility index (Phi) is 5.30. The topological polar surface area (TPSA) is 30.5 Å². The molecule has 0 aliphatic carbocycles. The van der Waals surface area contributed by atoms with E-state index in [1.807, 2.05) is 0 Å². The zero-order chi connectivity index (χ0) is 13.0. The van der Waals surface area contributed by atoms with Crippen molar-refractivity contribution in [2.75, 3.05) is 19.5 Å². The van der Waals surface area contributed by atoms with E-state index in [0.717, 1.165) is 6.07 Å². The zero-order valence-electron chi connectivity index (χ0n) is 9.76. The summed E-state index contributed by atoms with van der Waals surface area (Å²) in [5, 5.41) is 2.86. The van der Waals surface area contributed by atoms with Gasteiger partial charge < -0.3 is 14.8 Å². The number of halogens is 3. The average molecular weight is 310 g/mol. The molecule has 17 heavy (non-hydrogen) atoms. The van der Waals surface area contributed by atoms with E-state index in [0.29, 0.717) is 0 Å². The molecule has 0 saturated heterocycles. The highest BCUT2D eigenvalue weighted by atomic mass is 79.9. The number of rotatable bonds is 5. The van der Waals surface area contributed by atoms with E-state index >= 15 is 0 Å². The second kappa shape index (κ2) is 6.28. The Morgan fingerprint density at radius 3 is 2.29 bits per heavy atom. The Labute approximate surface area is 107 Å². The molecule has 1 N–H and O–H groups in total. The van der Waals surface area contributed by atoms with Crippen molar-refractivity contribution in [3.05, 3.63) is 28.2 Å². The lowest BCUT2D eigenvalue weighted by Crippen LogP contribution is -2.34. The summed E-state index contributed by atoms with van der Waals surface area (Å²) in [7, 11) is 2.98. The second-order valence-corrected chi connectivity index (χ2v) is 4.37. The van der Waals surface area contributed by atoms with Crippen molar-refractivity contribution in [1.29, 1.82) is 0 Å². The molecule has 1 atom stereocenters. The predicted octanol–water partition coefficient (Wildman–Crippen LogP) is 3.15. The molecule has 0 fully saturated rings. The van der Waals surface area contributed by atoms with Gasteiger partial charge in [-0.25, -0.2) is 8.78 Å². The lowest BCUT2D eigenvalue weighted by atomic mass is 10.2. The summed E-state index contributed by atoms with van der Waals surface area (Å²) in [6.07, 6.45) is -0.516. The van der Waals surface area contributed by atoms with Gasteiger partial charge in [-0.15, -0.1) is 0 Å². The molecule has 0 amide bonds. The lowest BCUT2D eigenvalue weighted by Gasteiger charge is -2.23. The predicted molar refractivity (Wildman–Crippen MR) is 64.9 cm³/mol. The summed E-state index contributed by atoms with van der Waals surface area (Å²) in [6.45, 7) is 1.77. The van der Waals surface area contributed by atoms with Gasteiger partial charge in [0.15, 0.2) is 6.29 Å². The molecular weight excluding hydrogens is 296 g/mol. The minimum Gasteiger partial charge on any atom is -0.375 e. The highest BCUT2D eigenvalue weighted by Gasteiger charge is 2.17. The third kappa shape index (κ3) is 3.62. The largest absolute Gasteiger partial charge is 0.375 e. The van der Waals surface area contributed by atoms with Crippen molar-refractivity contribution in [3.8, 4) is 0 Å². The first-order valence-corrected chi connectivity index (χ1v) is 5.75. The van der Waals surface area contributed by atoms with Crippen molar-refractivity contribution in [3.63, 3.8) is 0 Å². The molecule has 3 nitrogen and oxygen atoms in total. The zero-order valence-corrected chi connectivity index (χ0v) is 11.3. The molecule has 0 aliphatic heterocycles. The molecule has 0 spiro atoms. The number of hydrogen-bond acceptors (Lipinski definition) is 3. The monoisotopic (exact) mass is 309 g/mol. The fourth-order valence-electron chi connectivity index (χ4n) is 1.45. The molecule has 6 heteroatoms. The molecule has 1 aromatic rings. The third-order valence-corrected chi connectivity index (χ3v) is 2.87. The summed E-state index contributed by atoms with van der Waals surface area (Å²) in [5.41, 5.74) is 0.185. The number of benzene rings is 1. The van der Waals surface area contributed by atoms with Crippen molar-refractivity contribution in [2.45, 2.75) is 19.3 Å². The van der Waals surface area contributed by atoms with Crippen LogP contribution in [-0.2, 0) is 9.47 Å². The van der Waals surface area contributed by atoms with Crippen molar-refractivity contribution < 1.29 is 18.3 Å². The number of methoxy groups -OCH3 is 2. The fraction of sp³-hybridized carbons (Fsp3) is 0.455. The van der Waals surface area contributed by atoms with Crippen LogP contribution in [0.3, 0.4) is 0 Å². The standard InChI is InChI=1S/C11H14BrF2NO2/c1-6(11(16-2)17-3)15-10-4-7(12)8(13)5-9(10)14/h4-6,11,15H,1-3H3. The Morgan fingerprint density at radius 2 is 1.76 bits per heavy atom. The molecule has 1 rings (SSSR count). The second-order valence-electron chi connectivity index (χ2n) is 3.52. The summed E-state index contributed by atoms with van der Waals surface area (Å²) in [5.74, 6) is -1.31. The fourth-order valence-corrected chi connectivity index (χ4v) is 1.79. The highest BCUT2D eigenvalue weighted by Crippen LogP contribution is 2.24. The molecule has 0 saturated carbocycles. The third-order valence-electron chi connectivity index (χ3n) is 2.27. The first kappa shape index (κ1) is 14.3. The van der Waals surface area contributed by atoms with Crippen LogP contribution >= 0.6 is 15.9 Å². The van der Waals surface area contributed by atoms with E-state index in [1.165, 1.54) is 20.3 Å². The Balaban J connectivity index is 2.84. The van der Waals surface area contributed by atoms with Gasteiger partial charge in [0.1, 0.15) is 11.6 Å². The molecule has 1 unspecified atom stereocenters. The first-order chi connectivity index (χ1) is 7.99. The smallest absolute Gasteiger partial charge is 0.176 e. The van der Waals surface area contributed by atoms with Gasteiger partial charge in [-0.3, -0.25) is 0 Å². The van der Waals surface area contributed by atoms with Gasteiger partial charge in [-0.1, -0.05) is 0 Å². The van der Waals surface area contributed by atoms with E-state index in [-0.39, 0.29) is 16.2 Å². The number of ether oxygens (including phenoxy) is 2. The quantitative estimate of drug-likeness (QED) is 0.669. The minimum atomic E-state index is -0.663. The summed E-state index contributed by atoms with van der Waals surface area (Å²) in [4.78, 5) is 0. The van der Waals surface area contributed by atoms with Gasteiger partial charge in [-0.2, -0.15) is 0 Å². The number of nitrogens with one attached hydrogen (secondary N) is 1. The van der Waals surface area contributed by atoms with Crippen molar-refractivity contribution >= 4 is 21.6 Å². The highest BCUT2D eigenvalue weighted by molar-refractivity contribution is 9.10. The van der Waals surface area contributed by atoms with Crippen LogP contribution in [0.25, 0.3) is 0 Å². The summed E-state index contributed by atoms with van der Waals surface area (Å²) >= 11 is 3.00. The number of anilines is 1. The average Bonchev–Trinajstić information content (AvgIpc) is 2.27. The van der Waals surface area contributed by atoms with Crippen LogP contribution in [0.2, 0.25) is 0 Å². The maximum absolute atomic E-state index is 13.5. The van der Waals surface area contributed by atoms with E-state index in [2.05, 4.69) is 21.2 Å². The molecular formula is C11H14BrF2NO2. The summed E-state index contributed by atoms with van der Waals surface area (Å²) < 4.78 is 36.7. The summed E-state index contributed by atoms with van der Waals surface area (Å²) in [6, 6.07) is 1.87. The van der Waals surface area contributed by atoms with Crippen LogP contribution in [-0.4, -0.2) is 26.6 Å². The molecule has 0 heterocycles. The van der Waals surface area contributed by atoms with Crippen LogP contribution in [0, 0.1) is 11.6 Å². The van der Waals surface area contributed by atoms with Gasteiger partial charge in [0.05, 0.1) is 16.2 Å². The maximum Gasteiger partial charge on any atom is 0.176 e. The number of hydrogen-bond donors (Lipinski definition) is 1. The van der Waals surface area contributed by atoms with Gasteiger partial charge >= 0.3 is 0 Å². The van der Waals surface area contributed by atoms with Crippen molar-refractivity contribution in [2.24, 2.45) is 0 Å². The molecule has 0 radical (unpaired) electrons. The van der Waals surface area contributed by atoms with Crippen LogP contribution < -0.4 is 5.32 Å². The Morgan fingerprint density at radius 1 is 1.18 bits per heavy atom. The SMILES string of the molecule is COC(OC)C(C)Nc1cc(Br)c(F)cc1F. The Bertz CT molecular complexity index is 386. The molecule has 0 aromatic heterocycles. The minimum absolute atomic E-state index is 0.185. The maximum atomic E-state index is 13.5. The van der Waals surface area contributed by atoms with Gasteiger partial charge in [0.2, 0.25) is 0 Å². The molecule has 96 valence electrons. The van der Waals surface area contributed by atoms with Gasteiger partial charge in [0.25, 0.3) is 0 Å². The van der Waals surface area contributed by atoms with Crippen LogP contribution in [0.5, 0.6) is 0 Å². The van der Waals surface area contributed by atoms with Crippen LogP contribution in [0.15, 0.2) is 16.6 Å². The molecule has 0 bridgehead atoms. The molecule has 0 aliphatic rings. The van der Waals surface area contributed by atoms with E-state index < -0.39 is 17.9 Å². The van der Waals surface area contributed by atoms with E-state index in [4.69, 9.17) is 9.47 Å².